The number of nitrogens with one attached hydrogen (secondary N) is 1. The van der Waals surface area contributed by atoms with Crippen LogP contribution in [0, 0.1) is 0 Å². The van der Waals surface area contributed by atoms with Gasteiger partial charge in [-0.25, -0.2) is 0 Å². The molecule has 4 heteroatoms. The van der Waals surface area contributed by atoms with Gasteiger partial charge in [0.2, 0.25) is 5.91 Å². The predicted octanol–water partition coefficient (Wildman–Crippen LogP) is 1.19. The summed E-state index contributed by atoms with van der Waals surface area (Å²) in [5, 5.41) is 3.32. The van der Waals surface area contributed by atoms with Crippen LogP contribution >= 0.6 is 0 Å². The summed E-state index contributed by atoms with van der Waals surface area (Å²) < 4.78 is 5.13. The lowest BCUT2D eigenvalue weighted by molar-refractivity contribution is -0.132. The maximum atomic E-state index is 11.6. The second-order valence-electron chi connectivity index (χ2n) is 4.21. The zero-order chi connectivity index (χ0) is 12.3. The highest BCUT2D eigenvalue weighted by Gasteiger charge is 2.25. The van der Waals surface area contributed by atoms with Crippen LogP contribution in [0.25, 0.3) is 0 Å². The van der Waals surface area contributed by atoms with Gasteiger partial charge in [0.25, 0.3) is 0 Å². The van der Waals surface area contributed by atoms with Crippen molar-refractivity contribution in [3.8, 4) is 5.75 Å². The SMILES string of the molecule is COc1ccc(C2CNCCN2C(C)=O)cc1. The molecule has 0 saturated carbocycles. The van der Waals surface area contributed by atoms with Gasteiger partial charge in [-0.3, -0.25) is 4.79 Å². The fraction of sp³-hybridized carbons (Fsp3) is 0.462. The van der Waals surface area contributed by atoms with Crippen LogP contribution in [-0.2, 0) is 4.79 Å². The Balaban J connectivity index is 2.20. The minimum atomic E-state index is 0.132. The van der Waals surface area contributed by atoms with Crippen molar-refractivity contribution in [3.63, 3.8) is 0 Å². The van der Waals surface area contributed by atoms with Crippen LogP contribution in [0.1, 0.15) is 18.5 Å². The van der Waals surface area contributed by atoms with Gasteiger partial charge in [-0.15, -0.1) is 0 Å². The fourth-order valence-electron chi connectivity index (χ4n) is 2.21. The van der Waals surface area contributed by atoms with E-state index in [2.05, 4.69) is 5.32 Å². The zero-order valence-electron chi connectivity index (χ0n) is 10.3. The molecule has 1 atom stereocenters. The molecule has 1 saturated heterocycles. The highest BCUT2D eigenvalue weighted by molar-refractivity contribution is 5.74. The van der Waals surface area contributed by atoms with Gasteiger partial charge in [0.05, 0.1) is 13.2 Å². The van der Waals surface area contributed by atoms with Gasteiger partial charge in [0, 0.05) is 26.6 Å². The Hall–Kier alpha value is -1.55. The fourth-order valence-corrected chi connectivity index (χ4v) is 2.21. The number of carbonyl (C=O) groups is 1. The Kier molecular flexibility index (Phi) is 3.64. The van der Waals surface area contributed by atoms with Gasteiger partial charge in [0.1, 0.15) is 5.75 Å². The summed E-state index contributed by atoms with van der Waals surface area (Å²) in [6, 6.07) is 8.04. The van der Waals surface area contributed by atoms with Crippen LogP contribution < -0.4 is 10.1 Å². The number of piperazine rings is 1. The number of nitrogens with zero attached hydrogens (tertiary/aromatic N) is 1. The maximum absolute atomic E-state index is 11.6. The van der Waals surface area contributed by atoms with Crippen molar-refractivity contribution < 1.29 is 9.53 Å². The Bertz CT molecular complexity index is 389. The average molecular weight is 234 g/mol. The first-order valence-corrected chi connectivity index (χ1v) is 5.84. The molecular formula is C13H18N2O2. The lowest BCUT2D eigenvalue weighted by atomic mass is 10.0. The molecular weight excluding hydrogens is 216 g/mol. The van der Waals surface area contributed by atoms with Crippen molar-refractivity contribution in [2.45, 2.75) is 13.0 Å². The van der Waals surface area contributed by atoms with E-state index < -0.39 is 0 Å². The molecule has 0 spiro atoms. The molecule has 17 heavy (non-hydrogen) atoms. The number of ether oxygens (including phenoxy) is 1. The van der Waals surface area contributed by atoms with Gasteiger partial charge >= 0.3 is 0 Å². The number of carbonyl (C=O) groups excluding carboxylic acids is 1. The summed E-state index contributed by atoms with van der Waals surface area (Å²) in [6.07, 6.45) is 0. The second kappa shape index (κ2) is 5.19. The largest absolute Gasteiger partial charge is 0.497 e. The van der Waals surface area contributed by atoms with E-state index in [-0.39, 0.29) is 11.9 Å². The first-order chi connectivity index (χ1) is 8.22. The lowest BCUT2D eigenvalue weighted by Crippen LogP contribution is -2.47. The summed E-state index contributed by atoms with van der Waals surface area (Å²) in [5.41, 5.74) is 1.15. The smallest absolute Gasteiger partial charge is 0.220 e. The first-order valence-electron chi connectivity index (χ1n) is 5.84. The van der Waals surface area contributed by atoms with Crippen LogP contribution in [0.4, 0.5) is 0 Å². The molecule has 1 aromatic carbocycles. The minimum Gasteiger partial charge on any atom is -0.497 e. The number of hydrogen-bond acceptors (Lipinski definition) is 3. The van der Waals surface area contributed by atoms with Crippen molar-refractivity contribution in [3.05, 3.63) is 29.8 Å². The minimum absolute atomic E-state index is 0.132. The molecule has 0 aliphatic carbocycles. The van der Waals surface area contributed by atoms with Gasteiger partial charge in [-0.1, -0.05) is 12.1 Å². The van der Waals surface area contributed by atoms with Crippen LogP contribution in [0.15, 0.2) is 24.3 Å². The molecule has 1 aliphatic rings. The van der Waals surface area contributed by atoms with Gasteiger partial charge in [-0.05, 0) is 17.7 Å². The molecule has 1 heterocycles. The van der Waals surface area contributed by atoms with Crippen molar-refractivity contribution in [1.82, 2.24) is 10.2 Å². The number of amides is 1. The van der Waals surface area contributed by atoms with Crippen LogP contribution in [0.2, 0.25) is 0 Å². The van der Waals surface area contributed by atoms with Crippen molar-refractivity contribution in [2.24, 2.45) is 0 Å². The molecule has 1 unspecified atom stereocenters. The summed E-state index contributed by atoms with van der Waals surface area (Å²) in [7, 11) is 1.65. The van der Waals surface area contributed by atoms with Crippen molar-refractivity contribution >= 4 is 5.91 Å². The molecule has 0 radical (unpaired) electrons. The molecule has 2 rings (SSSR count). The molecule has 92 valence electrons. The Morgan fingerprint density at radius 3 is 2.71 bits per heavy atom. The monoisotopic (exact) mass is 234 g/mol. The van der Waals surface area contributed by atoms with E-state index in [4.69, 9.17) is 4.74 Å². The van der Waals surface area contributed by atoms with Crippen LogP contribution in [0.5, 0.6) is 5.75 Å². The van der Waals surface area contributed by atoms with E-state index >= 15 is 0 Å². The standard InChI is InChI=1S/C13H18N2O2/c1-10(16)15-8-7-14-9-13(15)11-3-5-12(17-2)6-4-11/h3-6,13-14H,7-9H2,1-2H3. The van der Waals surface area contributed by atoms with E-state index in [9.17, 15) is 4.79 Å². The quantitative estimate of drug-likeness (QED) is 0.835. The molecule has 4 nitrogen and oxygen atoms in total. The van der Waals surface area contributed by atoms with E-state index in [1.165, 1.54) is 0 Å². The lowest BCUT2D eigenvalue weighted by Gasteiger charge is -2.35. The van der Waals surface area contributed by atoms with E-state index in [0.717, 1.165) is 30.9 Å². The molecule has 1 aliphatic heterocycles. The van der Waals surface area contributed by atoms with Gasteiger partial charge < -0.3 is 15.0 Å². The number of hydrogen-bond donors (Lipinski definition) is 1. The third kappa shape index (κ3) is 2.58. The topological polar surface area (TPSA) is 41.6 Å². The summed E-state index contributed by atoms with van der Waals surface area (Å²) in [6.45, 7) is 4.08. The zero-order valence-corrected chi connectivity index (χ0v) is 10.3. The Morgan fingerprint density at radius 2 is 2.12 bits per heavy atom. The molecule has 0 bridgehead atoms. The van der Waals surface area contributed by atoms with Crippen molar-refractivity contribution in [2.75, 3.05) is 26.7 Å². The Morgan fingerprint density at radius 1 is 1.41 bits per heavy atom. The second-order valence-corrected chi connectivity index (χ2v) is 4.21. The summed E-state index contributed by atoms with van der Waals surface area (Å²) >= 11 is 0. The molecule has 1 fully saturated rings. The van der Waals surface area contributed by atoms with Crippen LogP contribution in [0.3, 0.4) is 0 Å². The van der Waals surface area contributed by atoms with Gasteiger partial charge in [0.15, 0.2) is 0 Å². The van der Waals surface area contributed by atoms with Crippen LogP contribution in [-0.4, -0.2) is 37.6 Å². The normalized spacial score (nSPS) is 20.1. The third-order valence-corrected chi connectivity index (χ3v) is 3.15. The molecule has 1 aromatic rings. The van der Waals surface area contributed by atoms with E-state index in [1.54, 1.807) is 14.0 Å². The van der Waals surface area contributed by atoms with Crippen molar-refractivity contribution in [1.29, 1.82) is 0 Å². The predicted molar refractivity (Wildman–Crippen MR) is 66.0 cm³/mol. The maximum Gasteiger partial charge on any atom is 0.220 e. The van der Waals surface area contributed by atoms with E-state index in [0.29, 0.717) is 0 Å². The first kappa shape index (κ1) is 11.9. The summed E-state index contributed by atoms with van der Waals surface area (Å²) in [4.78, 5) is 13.5. The highest BCUT2D eigenvalue weighted by Crippen LogP contribution is 2.24. The molecule has 1 amide bonds. The molecule has 1 N–H and O–H groups in total. The number of rotatable bonds is 2. The number of methoxy groups -OCH3 is 1. The summed E-state index contributed by atoms with van der Waals surface area (Å²) in [5.74, 6) is 0.971. The average Bonchev–Trinajstić information content (AvgIpc) is 2.39. The van der Waals surface area contributed by atoms with Gasteiger partial charge in [-0.2, -0.15) is 0 Å². The third-order valence-electron chi connectivity index (χ3n) is 3.15. The number of benzene rings is 1. The Labute approximate surface area is 102 Å². The highest BCUT2D eigenvalue weighted by atomic mass is 16.5. The molecule has 0 aromatic heterocycles. The van der Waals surface area contributed by atoms with E-state index in [1.807, 2.05) is 29.2 Å².